The predicted molar refractivity (Wildman–Crippen MR) is 156 cm³/mol. The third kappa shape index (κ3) is 7.82. The summed E-state index contributed by atoms with van der Waals surface area (Å²) in [7, 11) is -2.61. The van der Waals surface area contributed by atoms with Gasteiger partial charge in [0, 0.05) is 5.56 Å². The molecule has 1 heterocycles. The van der Waals surface area contributed by atoms with Gasteiger partial charge >= 0.3 is 51.4 Å². The molecular weight excluding hydrogens is 557 g/mol. The number of nitrogens with zero attached hydrogens (tertiary/aromatic N) is 2. The summed E-state index contributed by atoms with van der Waals surface area (Å²) in [5, 5.41) is 9.42. The van der Waals surface area contributed by atoms with Crippen molar-refractivity contribution in [1.29, 1.82) is 0 Å². The van der Waals surface area contributed by atoms with E-state index in [1.807, 2.05) is 18.2 Å². The Labute approximate surface area is 277 Å². The summed E-state index contributed by atoms with van der Waals surface area (Å²) >= 11 is 0. The minimum atomic E-state index is -4.10. The van der Waals surface area contributed by atoms with Gasteiger partial charge in [-0.3, -0.25) is 4.72 Å². The van der Waals surface area contributed by atoms with E-state index in [2.05, 4.69) is 35.5 Å². The Hall–Kier alpha value is -2.51. The number of aliphatic hydroxyl groups is 1. The molecule has 0 unspecified atom stereocenters. The molecule has 0 amide bonds. The zero-order chi connectivity index (χ0) is 28.0. The fourth-order valence-electron chi connectivity index (χ4n) is 3.68. The molecule has 0 atom stereocenters. The molecule has 0 aliphatic carbocycles. The fourth-order valence-corrected chi connectivity index (χ4v) is 4.69. The number of aromatic nitrogens is 2. The number of anilines is 1. The van der Waals surface area contributed by atoms with E-state index in [-0.39, 0.29) is 98.2 Å². The average Bonchev–Trinajstić information content (AvgIpc) is 2.93. The van der Waals surface area contributed by atoms with Gasteiger partial charge in [-0.25, -0.2) is 13.4 Å². The number of para-hydroxylation sites is 2. The maximum absolute atomic E-state index is 13.5. The number of hydrogen-bond acceptors (Lipinski definition) is 8. The summed E-state index contributed by atoms with van der Waals surface area (Å²) in [6, 6.07) is 22.6. The van der Waals surface area contributed by atoms with E-state index < -0.39 is 10.0 Å². The Balaban J connectivity index is 0.00000441. The molecular formula is C29H32KN3O6S. The van der Waals surface area contributed by atoms with Crippen LogP contribution in [-0.2, 0) is 15.4 Å². The van der Waals surface area contributed by atoms with Crippen LogP contribution in [0.4, 0.5) is 5.82 Å². The van der Waals surface area contributed by atoms with Gasteiger partial charge in [-0.05, 0) is 35.2 Å². The summed E-state index contributed by atoms with van der Waals surface area (Å²) < 4.78 is 46.8. The Bertz CT molecular complexity index is 1530. The number of aliphatic hydroxyl groups excluding tert-OH is 1. The number of hydrogen-bond donors (Lipinski definition) is 2. The molecule has 9 nitrogen and oxygen atoms in total. The van der Waals surface area contributed by atoms with E-state index in [1.165, 1.54) is 7.11 Å². The SMILES string of the molecule is COc1ccccc1Oc1c(NS(=O)(=O)c2ccc(C(C)(C)C)cc2)nc(-c2ccccc2)nc1OCCO.[KH]. The number of methoxy groups -OCH3 is 1. The number of nitrogens with one attached hydrogen (secondary N) is 1. The molecule has 0 spiro atoms. The van der Waals surface area contributed by atoms with Crippen LogP contribution in [-0.4, -0.2) is 95.2 Å². The fraction of sp³-hybridized carbons (Fsp3) is 0.241. The Kier molecular flexibility index (Phi) is 11.1. The molecule has 40 heavy (non-hydrogen) atoms. The summed E-state index contributed by atoms with van der Waals surface area (Å²) in [6.07, 6.45) is 0. The van der Waals surface area contributed by atoms with E-state index in [0.29, 0.717) is 17.1 Å². The van der Waals surface area contributed by atoms with E-state index in [4.69, 9.17) is 14.2 Å². The molecule has 4 aromatic rings. The van der Waals surface area contributed by atoms with Gasteiger partial charge in [0.15, 0.2) is 23.1 Å². The number of ether oxygens (including phenoxy) is 3. The Morgan fingerprint density at radius 2 is 1.50 bits per heavy atom. The van der Waals surface area contributed by atoms with E-state index >= 15 is 0 Å². The van der Waals surface area contributed by atoms with Crippen LogP contribution in [0.1, 0.15) is 26.3 Å². The van der Waals surface area contributed by atoms with Crippen molar-refractivity contribution in [2.75, 3.05) is 25.0 Å². The summed E-state index contributed by atoms with van der Waals surface area (Å²) in [6.45, 7) is 5.76. The van der Waals surface area contributed by atoms with Crippen molar-refractivity contribution in [2.24, 2.45) is 0 Å². The average molecular weight is 590 g/mol. The van der Waals surface area contributed by atoms with Gasteiger partial charge in [0.2, 0.25) is 5.75 Å². The van der Waals surface area contributed by atoms with Crippen molar-refractivity contribution in [1.82, 2.24) is 9.97 Å². The summed E-state index contributed by atoms with van der Waals surface area (Å²) in [4.78, 5) is 9.06. The quantitative estimate of drug-likeness (QED) is 0.254. The molecule has 0 aliphatic rings. The van der Waals surface area contributed by atoms with Gasteiger partial charge in [0.05, 0.1) is 18.6 Å². The second-order valence-corrected chi connectivity index (χ2v) is 11.3. The van der Waals surface area contributed by atoms with Gasteiger partial charge < -0.3 is 19.3 Å². The first kappa shape index (κ1) is 32.0. The molecule has 0 saturated carbocycles. The molecule has 206 valence electrons. The Morgan fingerprint density at radius 1 is 0.875 bits per heavy atom. The third-order valence-corrected chi connectivity index (χ3v) is 7.09. The first-order chi connectivity index (χ1) is 18.6. The van der Waals surface area contributed by atoms with Crippen molar-refractivity contribution in [2.45, 2.75) is 31.1 Å². The van der Waals surface area contributed by atoms with E-state index in [9.17, 15) is 13.5 Å². The summed E-state index contributed by atoms with van der Waals surface area (Å²) in [5.41, 5.74) is 1.49. The molecule has 1 aromatic heterocycles. The van der Waals surface area contributed by atoms with Gasteiger partial charge in [-0.1, -0.05) is 75.4 Å². The van der Waals surface area contributed by atoms with Crippen LogP contribution in [0.5, 0.6) is 23.1 Å². The molecule has 0 fully saturated rings. The van der Waals surface area contributed by atoms with Gasteiger partial charge in [-0.2, -0.15) is 4.98 Å². The van der Waals surface area contributed by atoms with Crippen LogP contribution in [0.25, 0.3) is 11.4 Å². The molecule has 0 aliphatic heterocycles. The van der Waals surface area contributed by atoms with Crippen LogP contribution in [0.3, 0.4) is 0 Å². The third-order valence-electron chi connectivity index (χ3n) is 5.74. The molecule has 2 N–H and O–H groups in total. The number of rotatable bonds is 10. The van der Waals surface area contributed by atoms with Crippen molar-refractivity contribution < 1.29 is 27.7 Å². The Morgan fingerprint density at radius 3 is 2.10 bits per heavy atom. The molecule has 4 rings (SSSR count). The zero-order valence-corrected chi connectivity index (χ0v) is 23.0. The van der Waals surface area contributed by atoms with Crippen LogP contribution in [0.15, 0.2) is 83.8 Å². The second-order valence-electron chi connectivity index (χ2n) is 9.60. The van der Waals surface area contributed by atoms with Crippen molar-refractivity contribution in [3.05, 3.63) is 84.4 Å². The number of benzene rings is 3. The van der Waals surface area contributed by atoms with Crippen LogP contribution < -0.4 is 18.9 Å². The van der Waals surface area contributed by atoms with Crippen molar-refractivity contribution in [3.63, 3.8) is 0 Å². The maximum atomic E-state index is 13.5. The molecule has 11 heteroatoms. The first-order valence-electron chi connectivity index (χ1n) is 12.3. The van der Waals surface area contributed by atoms with Crippen LogP contribution >= 0.6 is 0 Å². The molecule has 0 bridgehead atoms. The van der Waals surface area contributed by atoms with Gasteiger partial charge in [-0.15, -0.1) is 0 Å². The van der Waals surface area contributed by atoms with Crippen LogP contribution in [0, 0.1) is 0 Å². The van der Waals surface area contributed by atoms with Crippen LogP contribution in [0.2, 0.25) is 0 Å². The second kappa shape index (κ2) is 13.9. The molecule has 0 radical (unpaired) electrons. The van der Waals surface area contributed by atoms with Gasteiger partial charge in [0.25, 0.3) is 15.9 Å². The normalized spacial score (nSPS) is 11.3. The number of sulfonamides is 1. The van der Waals surface area contributed by atoms with E-state index in [0.717, 1.165) is 5.56 Å². The summed E-state index contributed by atoms with van der Waals surface area (Å²) in [5.74, 6) is 0.635. The zero-order valence-electron chi connectivity index (χ0n) is 22.2. The van der Waals surface area contributed by atoms with E-state index in [1.54, 1.807) is 60.7 Å². The molecule has 3 aromatic carbocycles. The predicted octanol–water partition coefficient (Wildman–Crippen LogP) is 4.77. The topological polar surface area (TPSA) is 120 Å². The van der Waals surface area contributed by atoms with Crippen molar-refractivity contribution >= 4 is 67.2 Å². The molecule has 0 saturated heterocycles. The van der Waals surface area contributed by atoms with Crippen molar-refractivity contribution in [3.8, 4) is 34.5 Å². The minimum absolute atomic E-state index is 0. The van der Waals surface area contributed by atoms with Gasteiger partial charge in [0.1, 0.15) is 6.61 Å². The standard InChI is InChI=1S/C29H31N3O6S.K.H/c1-29(2,3)21-14-16-22(17-15-21)39(34,35)32-27-25(38-24-13-9-8-12-23(24)36-4)28(37-19-18-33)31-26(30-27)20-10-6-5-7-11-20;;/h5-17,33H,18-19H2,1-4H3,(H,30,31,32);;. The first-order valence-corrected chi connectivity index (χ1v) is 13.8. The monoisotopic (exact) mass is 589 g/mol.